The zero-order valence-corrected chi connectivity index (χ0v) is 17.4. The lowest BCUT2D eigenvalue weighted by Gasteiger charge is -2.48. The predicted octanol–water partition coefficient (Wildman–Crippen LogP) is 3.53. The van der Waals surface area contributed by atoms with Gasteiger partial charge in [-0.1, -0.05) is 13.0 Å². The van der Waals surface area contributed by atoms with Crippen molar-refractivity contribution in [3.8, 4) is 11.1 Å². The standard InChI is InChI=1S/C22H26N4O4/c1-13-20(22(3)6-7-22)26(21(28)29)19-8-15(4-5-18(19)25(13)14(2)27)16-9-23-24(10-16)17-11-30-12-17/h4-5,8-10,13,17,20H,6-7,11-12H2,1-3H3,(H,28,29)/t13-,20?/m0/s1. The lowest BCUT2D eigenvalue weighted by molar-refractivity contribution is -0.117. The number of carbonyl (C=O) groups is 2. The fourth-order valence-electron chi connectivity index (χ4n) is 4.95. The summed E-state index contributed by atoms with van der Waals surface area (Å²) >= 11 is 0. The van der Waals surface area contributed by atoms with E-state index in [1.165, 1.54) is 4.90 Å². The maximum absolute atomic E-state index is 12.5. The molecule has 1 unspecified atom stereocenters. The van der Waals surface area contributed by atoms with Crippen molar-refractivity contribution in [1.82, 2.24) is 9.78 Å². The Morgan fingerprint density at radius 1 is 1.17 bits per heavy atom. The van der Waals surface area contributed by atoms with Crippen molar-refractivity contribution >= 4 is 23.4 Å². The van der Waals surface area contributed by atoms with Crippen molar-refractivity contribution in [2.24, 2.45) is 5.41 Å². The number of carboxylic acid groups (broad SMARTS) is 1. The van der Waals surface area contributed by atoms with Crippen LogP contribution in [0.3, 0.4) is 0 Å². The largest absolute Gasteiger partial charge is 0.465 e. The first-order valence-corrected chi connectivity index (χ1v) is 10.4. The molecule has 1 N–H and O–H groups in total. The number of carbonyl (C=O) groups excluding carboxylic acids is 1. The Labute approximate surface area is 175 Å². The van der Waals surface area contributed by atoms with Crippen molar-refractivity contribution in [1.29, 1.82) is 0 Å². The summed E-state index contributed by atoms with van der Waals surface area (Å²) in [5, 5.41) is 14.6. The SMILES string of the molecule is CC(=O)N1c2ccc(-c3cnn(C4COC4)c3)cc2N(C(=O)O)C(C2(C)CC2)[C@@H]1C. The van der Waals surface area contributed by atoms with Crippen LogP contribution in [0.15, 0.2) is 30.6 Å². The summed E-state index contributed by atoms with van der Waals surface area (Å²) in [4.78, 5) is 28.2. The molecule has 5 rings (SSSR count). The van der Waals surface area contributed by atoms with Crippen LogP contribution in [0.25, 0.3) is 11.1 Å². The third kappa shape index (κ3) is 2.81. The van der Waals surface area contributed by atoms with E-state index in [4.69, 9.17) is 4.74 Å². The molecule has 1 aliphatic carbocycles. The molecule has 1 saturated heterocycles. The van der Waals surface area contributed by atoms with Gasteiger partial charge in [0, 0.05) is 18.7 Å². The minimum absolute atomic E-state index is 0.0754. The van der Waals surface area contributed by atoms with Gasteiger partial charge in [0.15, 0.2) is 0 Å². The van der Waals surface area contributed by atoms with E-state index in [0.717, 1.165) is 24.0 Å². The van der Waals surface area contributed by atoms with Crippen LogP contribution in [-0.4, -0.2) is 52.2 Å². The van der Waals surface area contributed by atoms with Gasteiger partial charge in [-0.25, -0.2) is 4.79 Å². The van der Waals surface area contributed by atoms with Gasteiger partial charge in [0.1, 0.15) is 0 Å². The molecule has 0 bridgehead atoms. The lowest BCUT2D eigenvalue weighted by Crippen LogP contribution is -2.61. The normalized spacial score (nSPS) is 24.9. The molecule has 158 valence electrons. The number of hydrogen-bond acceptors (Lipinski definition) is 4. The van der Waals surface area contributed by atoms with E-state index in [-0.39, 0.29) is 29.4 Å². The molecule has 1 aromatic heterocycles. The Morgan fingerprint density at radius 2 is 1.90 bits per heavy atom. The first-order valence-electron chi connectivity index (χ1n) is 10.4. The summed E-state index contributed by atoms with van der Waals surface area (Å²) in [5.74, 6) is -0.0754. The molecule has 2 aromatic rings. The van der Waals surface area contributed by atoms with Crippen LogP contribution in [-0.2, 0) is 9.53 Å². The zero-order valence-electron chi connectivity index (χ0n) is 17.4. The molecule has 8 nitrogen and oxygen atoms in total. The number of nitrogens with zero attached hydrogens (tertiary/aromatic N) is 4. The topological polar surface area (TPSA) is 87.9 Å². The predicted molar refractivity (Wildman–Crippen MR) is 112 cm³/mol. The van der Waals surface area contributed by atoms with Crippen LogP contribution in [0, 0.1) is 5.41 Å². The van der Waals surface area contributed by atoms with Crippen molar-refractivity contribution in [3.05, 3.63) is 30.6 Å². The van der Waals surface area contributed by atoms with E-state index in [0.29, 0.717) is 24.6 Å². The maximum Gasteiger partial charge on any atom is 0.412 e. The number of aromatic nitrogens is 2. The number of amides is 2. The highest BCUT2D eigenvalue weighted by molar-refractivity contribution is 6.03. The van der Waals surface area contributed by atoms with Crippen molar-refractivity contribution < 1.29 is 19.4 Å². The molecule has 8 heteroatoms. The van der Waals surface area contributed by atoms with Gasteiger partial charge < -0.3 is 14.7 Å². The first-order chi connectivity index (χ1) is 14.3. The molecule has 2 fully saturated rings. The summed E-state index contributed by atoms with van der Waals surface area (Å²) in [6.45, 7) is 6.92. The molecule has 2 aliphatic heterocycles. The molecule has 2 atom stereocenters. The molecule has 3 aliphatic rings. The van der Waals surface area contributed by atoms with Crippen molar-refractivity contribution in [2.45, 2.75) is 51.7 Å². The molecule has 1 saturated carbocycles. The second kappa shape index (κ2) is 6.57. The van der Waals surface area contributed by atoms with Gasteiger partial charge in [-0.15, -0.1) is 0 Å². The Bertz CT molecular complexity index is 1020. The van der Waals surface area contributed by atoms with Crippen LogP contribution in [0.5, 0.6) is 0 Å². The fraction of sp³-hybridized carbons (Fsp3) is 0.500. The Balaban J connectivity index is 1.62. The van der Waals surface area contributed by atoms with E-state index in [9.17, 15) is 14.7 Å². The summed E-state index contributed by atoms with van der Waals surface area (Å²) < 4.78 is 7.14. The first kappa shape index (κ1) is 19.1. The van der Waals surface area contributed by atoms with E-state index in [1.807, 2.05) is 36.0 Å². The van der Waals surface area contributed by atoms with Gasteiger partial charge in [-0.2, -0.15) is 5.10 Å². The Kier molecular flexibility index (Phi) is 4.18. The summed E-state index contributed by atoms with van der Waals surface area (Å²) in [6, 6.07) is 5.40. The summed E-state index contributed by atoms with van der Waals surface area (Å²) in [7, 11) is 0. The van der Waals surface area contributed by atoms with Crippen LogP contribution in [0.1, 0.15) is 39.7 Å². The smallest absolute Gasteiger partial charge is 0.412 e. The number of ether oxygens (including phenoxy) is 1. The van der Waals surface area contributed by atoms with Gasteiger partial charge in [-0.05, 0) is 42.9 Å². The molecule has 0 radical (unpaired) electrons. The molecule has 0 spiro atoms. The fourth-order valence-corrected chi connectivity index (χ4v) is 4.95. The highest BCUT2D eigenvalue weighted by Crippen LogP contribution is 2.55. The minimum Gasteiger partial charge on any atom is -0.465 e. The highest BCUT2D eigenvalue weighted by Gasteiger charge is 2.55. The molecular weight excluding hydrogens is 384 g/mol. The van der Waals surface area contributed by atoms with Gasteiger partial charge in [0.2, 0.25) is 5.91 Å². The van der Waals surface area contributed by atoms with E-state index < -0.39 is 6.09 Å². The second-order valence-electron chi connectivity index (χ2n) is 8.98. The number of hydrogen-bond donors (Lipinski definition) is 1. The van der Waals surface area contributed by atoms with Gasteiger partial charge in [0.05, 0.1) is 48.9 Å². The number of anilines is 2. The average molecular weight is 410 g/mol. The van der Waals surface area contributed by atoms with Crippen molar-refractivity contribution in [2.75, 3.05) is 23.0 Å². The third-order valence-electron chi connectivity index (χ3n) is 6.86. The van der Waals surface area contributed by atoms with Crippen molar-refractivity contribution in [3.63, 3.8) is 0 Å². The molecule has 30 heavy (non-hydrogen) atoms. The average Bonchev–Trinajstić information content (AvgIpc) is 3.20. The third-order valence-corrected chi connectivity index (χ3v) is 6.86. The van der Waals surface area contributed by atoms with E-state index >= 15 is 0 Å². The lowest BCUT2D eigenvalue weighted by atomic mass is 9.86. The van der Waals surface area contributed by atoms with E-state index in [1.54, 1.807) is 18.0 Å². The monoisotopic (exact) mass is 410 g/mol. The number of benzene rings is 1. The van der Waals surface area contributed by atoms with Crippen LogP contribution < -0.4 is 9.80 Å². The summed E-state index contributed by atoms with van der Waals surface area (Å²) in [5.41, 5.74) is 2.88. The molecular formula is C22H26N4O4. The molecule has 3 heterocycles. The molecule has 1 aromatic carbocycles. The van der Waals surface area contributed by atoms with Crippen LogP contribution in [0.2, 0.25) is 0 Å². The minimum atomic E-state index is -0.983. The van der Waals surface area contributed by atoms with Gasteiger partial charge >= 0.3 is 6.09 Å². The van der Waals surface area contributed by atoms with E-state index in [2.05, 4.69) is 12.0 Å². The quantitative estimate of drug-likeness (QED) is 0.836. The Morgan fingerprint density at radius 3 is 2.47 bits per heavy atom. The zero-order chi connectivity index (χ0) is 21.2. The number of fused-ring (bicyclic) bond motifs is 1. The number of rotatable bonds is 3. The molecule has 2 amide bonds. The van der Waals surface area contributed by atoms with Crippen LogP contribution in [0.4, 0.5) is 16.2 Å². The highest BCUT2D eigenvalue weighted by atomic mass is 16.5. The van der Waals surface area contributed by atoms with Gasteiger partial charge in [0.25, 0.3) is 0 Å². The summed E-state index contributed by atoms with van der Waals surface area (Å²) in [6.07, 6.45) is 4.70. The Hall–Kier alpha value is -2.87. The van der Waals surface area contributed by atoms with Gasteiger partial charge in [-0.3, -0.25) is 14.4 Å². The maximum atomic E-state index is 12.5. The van der Waals surface area contributed by atoms with Crippen LogP contribution >= 0.6 is 0 Å². The second-order valence-corrected chi connectivity index (χ2v) is 8.98.